The number of hydrogen-bond donors (Lipinski definition) is 2. The SMILES string of the molecule is BC(B)(B)COc1ccc([C@H](CO)NC(=O)[C@H]2C[C@@H]2c2ccc(F)cc2)cn1. The molecule has 1 aromatic carbocycles. The predicted octanol–water partition coefficient (Wildman–Crippen LogP) is -0.474. The second-order valence-corrected chi connectivity index (χ2v) is 8.52. The molecule has 1 heterocycles. The third kappa shape index (κ3) is 5.38. The predicted molar refractivity (Wildman–Crippen MR) is 113 cm³/mol. The molecule has 2 aromatic rings. The number of halogens is 1. The van der Waals surface area contributed by atoms with Crippen molar-refractivity contribution in [2.24, 2.45) is 5.92 Å². The first-order valence-electron chi connectivity index (χ1n) is 9.52. The second-order valence-electron chi connectivity index (χ2n) is 8.52. The molecule has 0 aliphatic heterocycles. The summed E-state index contributed by atoms with van der Waals surface area (Å²) in [4.78, 5) is 16.8. The lowest BCUT2D eigenvalue weighted by molar-refractivity contribution is -0.123. The van der Waals surface area contributed by atoms with Gasteiger partial charge in [0.2, 0.25) is 11.8 Å². The van der Waals surface area contributed by atoms with Crippen LogP contribution in [0.15, 0.2) is 42.6 Å². The maximum absolute atomic E-state index is 13.0. The molecule has 144 valence electrons. The molecular weight excluding hydrogens is 356 g/mol. The first-order valence-corrected chi connectivity index (χ1v) is 9.52. The number of aliphatic hydroxyl groups excluding tert-OH is 1. The van der Waals surface area contributed by atoms with E-state index in [-0.39, 0.29) is 35.3 Å². The van der Waals surface area contributed by atoms with Gasteiger partial charge >= 0.3 is 0 Å². The topological polar surface area (TPSA) is 71.5 Å². The summed E-state index contributed by atoms with van der Waals surface area (Å²) in [5, 5.41) is 12.6. The normalized spacial score (nSPS) is 19.6. The number of amides is 1. The maximum atomic E-state index is 13.0. The van der Waals surface area contributed by atoms with Crippen molar-refractivity contribution in [2.45, 2.75) is 23.5 Å². The highest BCUT2D eigenvalue weighted by atomic mass is 19.1. The molecule has 1 aliphatic rings. The summed E-state index contributed by atoms with van der Waals surface area (Å²) in [5.41, 5.74) is 1.68. The molecule has 1 aromatic heterocycles. The van der Waals surface area contributed by atoms with Gasteiger partial charge in [0.1, 0.15) is 5.82 Å². The Labute approximate surface area is 167 Å². The Kier molecular flexibility index (Phi) is 6.13. The highest BCUT2D eigenvalue weighted by molar-refractivity contribution is 6.59. The van der Waals surface area contributed by atoms with E-state index >= 15 is 0 Å². The Morgan fingerprint density at radius 2 is 2.00 bits per heavy atom. The molecular formula is C19H24B3FN2O3. The Bertz CT molecular complexity index is 813. The van der Waals surface area contributed by atoms with Gasteiger partial charge in [-0.1, -0.05) is 17.2 Å². The van der Waals surface area contributed by atoms with Gasteiger partial charge in [0.25, 0.3) is 0 Å². The maximum Gasteiger partial charge on any atom is 0.224 e. The van der Waals surface area contributed by atoms with Crippen LogP contribution in [0.1, 0.15) is 29.5 Å². The van der Waals surface area contributed by atoms with Crippen molar-refractivity contribution in [1.82, 2.24) is 10.3 Å². The average Bonchev–Trinajstić information content (AvgIpc) is 3.46. The Balaban J connectivity index is 1.56. The molecule has 9 heteroatoms. The number of ether oxygens (including phenoxy) is 1. The number of pyridine rings is 1. The zero-order chi connectivity index (χ0) is 20.3. The fourth-order valence-corrected chi connectivity index (χ4v) is 3.05. The van der Waals surface area contributed by atoms with Crippen LogP contribution in [0, 0.1) is 11.7 Å². The van der Waals surface area contributed by atoms with Crippen LogP contribution in [0.3, 0.4) is 0 Å². The molecule has 0 spiro atoms. The average molecular weight is 380 g/mol. The van der Waals surface area contributed by atoms with Crippen LogP contribution in [0.25, 0.3) is 0 Å². The van der Waals surface area contributed by atoms with Crippen molar-refractivity contribution in [3.8, 4) is 5.88 Å². The number of nitrogens with zero attached hydrogens (tertiary/aromatic N) is 1. The Morgan fingerprint density at radius 3 is 2.57 bits per heavy atom. The number of carbonyl (C=O) groups is 1. The number of rotatable bonds is 8. The van der Waals surface area contributed by atoms with Crippen LogP contribution in [0.2, 0.25) is 5.11 Å². The highest BCUT2D eigenvalue weighted by Crippen LogP contribution is 2.47. The van der Waals surface area contributed by atoms with E-state index in [1.807, 2.05) is 0 Å². The lowest BCUT2D eigenvalue weighted by Gasteiger charge is -2.19. The number of carbonyl (C=O) groups excluding carboxylic acids is 1. The minimum atomic E-state index is -0.522. The number of aromatic nitrogens is 1. The molecule has 1 aliphatic carbocycles. The van der Waals surface area contributed by atoms with E-state index < -0.39 is 6.04 Å². The van der Waals surface area contributed by atoms with Crippen LogP contribution >= 0.6 is 0 Å². The van der Waals surface area contributed by atoms with Gasteiger partial charge in [0.15, 0.2) is 0 Å². The van der Waals surface area contributed by atoms with Crippen LogP contribution in [-0.2, 0) is 4.79 Å². The number of hydrogen-bond acceptors (Lipinski definition) is 4. The molecule has 3 rings (SSSR count). The fraction of sp³-hybridized carbons (Fsp3) is 0.368. The zero-order valence-electron chi connectivity index (χ0n) is 16.5. The summed E-state index contributed by atoms with van der Waals surface area (Å²) in [6, 6.07) is 9.28. The van der Waals surface area contributed by atoms with Gasteiger partial charge in [-0.15, -0.1) is 0 Å². The fourth-order valence-electron chi connectivity index (χ4n) is 3.05. The molecule has 28 heavy (non-hydrogen) atoms. The summed E-state index contributed by atoms with van der Waals surface area (Å²) in [5.74, 6) is 0.0722. The van der Waals surface area contributed by atoms with Crippen LogP contribution in [0.5, 0.6) is 5.88 Å². The first-order chi connectivity index (χ1) is 13.3. The molecule has 5 nitrogen and oxygen atoms in total. The quantitative estimate of drug-likeness (QED) is 0.608. The summed E-state index contributed by atoms with van der Waals surface area (Å²) in [6.45, 7) is 0.329. The third-order valence-corrected chi connectivity index (χ3v) is 4.74. The summed E-state index contributed by atoms with van der Waals surface area (Å²) in [7, 11) is 6.24. The molecule has 0 saturated heterocycles. The standard InChI is InChI=1S/C19H24B3FN2O3/c20-19(21,22)10-28-17-6-3-12(8-24-17)16(9-26)25-18(27)15-7-14(15)11-1-4-13(23)5-2-11/h1-6,8,14-16,26H,7,9-10,20-22H2,(H,25,27)/t14-,15+,16+/m1/s1. The minimum absolute atomic E-state index is 0.0350. The lowest BCUT2D eigenvalue weighted by atomic mass is 9.43. The highest BCUT2D eigenvalue weighted by Gasteiger charge is 2.44. The van der Waals surface area contributed by atoms with Gasteiger partial charge in [-0.2, -0.15) is 0 Å². The number of nitrogens with one attached hydrogen (secondary N) is 1. The molecule has 0 unspecified atom stereocenters. The van der Waals surface area contributed by atoms with E-state index in [2.05, 4.69) is 33.8 Å². The van der Waals surface area contributed by atoms with Crippen LogP contribution < -0.4 is 10.1 Å². The zero-order valence-corrected chi connectivity index (χ0v) is 16.5. The van der Waals surface area contributed by atoms with Gasteiger partial charge < -0.3 is 15.2 Å². The minimum Gasteiger partial charge on any atom is -0.479 e. The molecule has 1 amide bonds. The third-order valence-electron chi connectivity index (χ3n) is 4.74. The number of aliphatic hydroxyl groups is 1. The molecule has 0 bridgehead atoms. The van der Waals surface area contributed by atoms with Gasteiger partial charge in [-0.05, 0) is 41.7 Å². The van der Waals surface area contributed by atoms with E-state index in [0.717, 1.165) is 17.5 Å². The van der Waals surface area contributed by atoms with E-state index in [1.54, 1.807) is 30.5 Å². The first kappa shape index (κ1) is 20.5. The van der Waals surface area contributed by atoms with Crippen molar-refractivity contribution in [2.75, 3.05) is 13.2 Å². The van der Waals surface area contributed by atoms with E-state index in [4.69, 9.17) is 4.74 Å². The van der Waals surface area contributed by atoms with E-state index in [0.29, 0.717) is 12.5 Å². The van der Waals surface area contributed by atoms with Gasteiger partial charge in [0, 0.05) is 18.2 Å². The molecule has 3 atom stereocenters. The van der Waals surface area contributed by atoms with E-state index in [1.165, 1.54) is 12.1 Å². The summed E-state index contributed by atoms with van der Waals surface area (Å²) < 4.78 is 18.7. The van der Waals surface area contributed by atoms with Crippen LogP contribution in [-0.4, -0.2) is 52.8 Å². The van der Waals surface area contributed by atoms with E-state index in [9.17, 15) is 14.3 Å². The molecule has 0 radical (unpaired) electrons. The summed E-state index contributed by atoms with van der Waals surface area (Å²) >= 11 is 0. The Morgan fingerprint density at radius 1 is 1.29 bits per heavy atom. The van der Waals surface area contributed by atoms with Gasteiger partial charge in [-0.25, -0.2) is 9.37 Å². The van der Waals surface area contributed by atoms with Crippen LogP contribution in [0.4, 0.5) is 4.39 Å². The largest absolute Gasteiger partial charge is 0.479 e. The second kappa shape index (κ2) is 8.39. The molecule has 2 N–H and O–H groups in total. The Hall–Kier alpha value is -2.28. The monoisotopic (exact) mass is 380 g/mol. The van der Waals surface area contributed by atoms with Crippen molar-refractivity contribution >= 4 is 29.4 Å². The smallest absolute Gasteiger partial charge is 0.224 e. The van der Waals surface area contributed by atoms with Gasteiger partial charge in [0.05, 0.1) is 42.8 Å². The number of benzene rings is 1. The van der Waals surface area contributed by atoms with Gasteiger partial charge in [-0.3, -0.25) is 4.79 Å². The summed E-state index contributed by atoms with van der Waals surface area (Å²) in [6.07, 6.45) is 2.34. The molecule has 1 fully saturated rings. The molecule has 1 saturated carbocycles. The van der Waals surface area contributed by atoms with Crippen molar-refractivity contribution in [1.29, 1.82) is 0 Å². The lowest BCUT2D eigenvalue weighted by Crippen LogP contribution is -2.32. The van der Waals surface area contributed by atoms with Crippen molar-refractivity contribution in [3.63, 3.8) is 0 Å². The van der Waals surface area contributed by atoms with Crippen molar-refractivity contribution in [3.05, 3.63) is 59.5 Å². The van der Waals surface area contributed by atoms with Crippen molar-refractivity contribution < 1.29 is 19.0 Å².